The molecule has 2 heterocycles. The van der Waals surface area contributed by atoms with Gasteiger partial charge in [0.25, 0.3) is 0 Å². The summed E-state index contributed by atoms with van der Waals surface area (Å²) >= 11 is 0. The summed E-state index contributed by atoms with van der Waals surface area (Å²) in [4.78, 5) is 16.6. The van der Waals surface area contributed by atoms with E-state index in [2.05, 4.69) is 30.4 Å². The number of amides is 2. The minimum atomic E-state index is -3.35. The first-order valence-corrected chi connectivity index (χ1v) is 12.3. The summed E-state index contributed by atoms with van der Waals surface area (Å²) in [5, 5.41) is 0. The Morgan fingerprint density at radius 1 is 1.27 bits per heavy atom. The molecule has 1 aromatic rings. The average molecular weight is 430 g/mol. The van der Waals surface area contributed by atoms with Gasteiger partial charge in [-0.25, -0.2) is 17.9 Å². The molecule has 6 nitrogen and oxygen atoms in total. The molecule has 0 bridgehead atoms. The van der Waals surface area contributed by atoms with Crippen molar-refractivity contribution in [2.75, 3.05) is 25.9 Å². The number of urea groups is 1. The molecule has 2 amide bonds. The summed E-state index contributed by atoms with van der Waals surface area (Å²) in [5.41, 5.74) is 3.31. The molecule has 3 rings (SSSR count). The molecule has 0 spiro atoms. The summed E-state index contributed by atoms with van der Waals surface area (Å²) in [6, 6.07) is 7.77. The van der Waals surface area contributed by atoms with Crippen LogP contribution in [0.25, 0.3) is 5.57 Å². The van der Waals surface area contributed by atoms with E-state index in [0.717, 1.165) is 36.2 Å². The van der Waals surface area contributed by atoms with Gasteiger partial charge in [0.2, 0.25) is 10.0 Å². The first-order valence-electron chi connectivity index (χ1n) is 10.4. The highest BCUT2D eigenvalue weighted by Gasteiger charge is 2.40. The number of rotatable bonds is 7. The number of benzene rings is 1. The first-order chi connectivity index (χ1) is 14.3. The molecule has 2 atom stereocenters. The first kappa shape index (κ1) is 22.3. The monoisotopic (exact) mass is 429 g/mol. The number of hydrogen-bond acceptors (Lipinski definition) is 3. The zero-order valence-electron chi connectivity index (χ0n) is 17.8. The summed E-state index contributed by atoms with van der Waals surface area (Å²) in [6.45, 7) is 7.86. The van der Waals surface area contributed by atoms with Crippen LogP contribution in [0.1, 0.15) is 30.9 Å². The van der Waals surface area contributed by atoms with Gasteiger partial charge in [0.1, 0.15) is 0 Å². The topological polar surface area (TPSA) is 69.7 Å². The molecule has 162 valence electrons. The minimum absolute atomic E-state index is 0.0193. The Morgan fingerprint density at radius 2 is 2.03 bits per heavy atom. The van der Waals surface area contributed by atoms with Crippen LogP contribution < -0.4 is 4.72 Å². The van der Waals surface area contributed by atoms with Gasteiger partial charge in [-0.3, -0.25) is 0 Å². The molecule has 0 saturated carbocycles. The van der Waals surface area contributed by atoms with Gasteiger partial charge in [-0.2, -0.15) is 0 Å². The van der Waals surface area contributed by atoms with E-state index in [1.54, 1.807) is 6.08 Å². The van der Waals surface area contributed by atoms with Crippen LogP contribution in [-0.4, -0.2) is 62.2 Å². The van der Waals surface area contributed by atoms with Crippen molar-refractivity contribution in [2.45, 2.75) is 38.3 Å². The second-order valence-corrected chi connectivity index (χ2v) is 9.82. The van der Waals surface area contributed by atoms with Crippen LogP contribution in [-0.2, 0) is 16.4 Å². The average Bonchev–Trinajstić information content (AvgIpc) is 3.01. The van der Waals surface area contributed by atoms with E-state index in [1.807, 2.05) is 40.2 Å². The predicted molar refractivity (Wildman–Crippen MR) is 122 cm³/mol. The third-order valence-electron chi connectivity index (χ3n) is 5.70. The Morgan fingerprint density at radius 3 is 2.67 bits per heavy atom. The second-order valence-electron chi connectivity index (χ2n) is 8.04. The molecule has 7 heteroatoms. The fraction of sp³-hybridized carbons (Fsp3) is 0.435. The smallest absolute Gasteiger partial charge is 0.320 e. The van der Waals surface area contributed by atoms with Crippen LogP contribution in [0.5, 0.6) is 0 Å². The van der Waals surface area contributed by atoms with E-state index in [1.165, 1.54) is 6.26 Å². The number of carbonyl (C=O) groups excluding carboxylic acids is 1. The molecule has 2 aliphatic heterocycles. The number of nitrogens with zero attached hydrogens (tertiary/aromatic N) is 2. The van der Waals surface area contributed by atoms with Crippen molar-refractivity contribution in [2.24, 2.45) is 0 Å². The Balaban J connectivity index is 1.82. The summed E-state index contributed by atoms with van der Waals surface area (Å²) < 4.78 is 26.5. The highest BCUT2D eigenvalue weighted by Crippen LogP contribution is 2.26. The number of likely N-dealkylation sites (tertiary alicyclic amines) is 2. The van der Waals surface area contributed by atoms with Gasteiger partial charge >= 0.3 is 6.03 Å². The van der Waals surface area contributed by atoms with Crippen molar-refractivity contribution in [1.29, 1.82) is 0 Å². The van der Waals surface area contributed by atoms with Gasteiger partial charge in [-0.15, -0.1) is 0 Å². The normalized spacial score (nSPS) is 22.4. The highest BCUT2D eigenvalue weighted by molar-refractivity contribution is 7.88. The quantitative estimate of drug-likeness (QED) is 0.677. The van der Waals surface area contributed by atoms with Gasteiger partial charge in [0, 0.05) is 25.7 Å². The molecule has 0 aromatic heterocycles. The largest absolute Gasteiger partial charge is 0.325 e. The maximum atomic E-state index is 12.9. The van der Waals surface area contributed by atoms with Crippen molar-refractivity contribution in [3.05, 3.63) is 66.3 Å². The molecule has 0 aliphatic carbocycles. The Hall–Kier alpha value is -2.38. The number of nitrogens with one attached hydrogen (secondary N) is 1. The maximum absolute atomic E-state index is 12.9. The van der Waals surface area contributed by atoms with Gasteiger partial charge < -0.3 is 9.80 Å². The lowest BCUT2D eigenvalue weighted by atomic mass is 9.97. The van der Waals surface area contributed by atoms with E-state index < -0.39 is 10.0 Å². The van der Waals surface area contributed by atoms with Crippen molar-refractivity contribution < 1.29 is 13.2 Å². The maximum Gasteiger partial charge on any atom is 0.320 e. The lowest BCUT2D eigenvalue weighted by molar-refractivity contribution is 0.120. The predicted octanol–water partition coefficient (Wildman–Crippen LogP) is 3.19. The molecule has 0 radical (unpaired) electrons. The minimum Gasteiger partial charge on any atom is -0.325 e. The second kappa shape index (κ2) is 9.62. The van der Waals surface area contributed by atoms with Crippen molar-refractivity contribution in [3.63, 3.8) is 0 Å². The SMILES string of the molecule is C=C/C=C\C=C(/C)c1cccc(C[C@H]2[C@@H](NS(C)(=O)=O)CCN2C(=O)N2CCC2)c1. The van der Waals surface area contributed by atoms with E-state index in [-0.39, 0.29) is 18.1 Å². The highest BCUT2D eigenvalue weighted by atomic mass is 32.2. The fourth-order valence-corrected chi connectivity index (χ4v) is 4.83. The standard InChI is InChI=1S/C23H31N3O3S/c1-4-5-6-9-18(2)20-11-7-10-19(16-20)17-22-21(24-30(3,28)29)12-15-26(22)23(27)25-13-8-14-25/h4-7,9-11,16,21-22,24H,1,8,12-15,17H2,2-3H3/b6-5-,18-9+/t21-,22-/m0/s1. The number of sulfonamides is 1. The molecule has 2 aliphatic rings. The van der Waals surface area contributed by atoms with Crippen molar-refractivity contribution in [3.8, 4) is 0 Å². The summed E-state index contributed by atoms with van der Waals surface area (Å²) in [5.74, 6) is 0. The molecule has 0 unspecified atom stereocenters. The summed E-state index contributed by atoms with van der Waals surface area (Å²) in [6.07, 6.45) is 11.0. The molecular formula is C23H31N3O3S. The lowest BCUT2D eigenvalue weighted by Crippen LogP contribution is -2.54. The van der Waals surface area contributed by atoms with Crippen LogP contribution in [0.3, 0.4) is 0 Å². The van der Waals surface area contributed by atoms with Crippen molar-refractivity contribution in [1.82, 2.24) is 14.5 Å². The van der Waals surface area contributed by atoms with E-state index in [9.17, 15) is 13.2 Å². The van der Waals surface area contributed by atoms with Crippen LogP contribution in [0.4, 0.5) is 4.79 Å². The van der Waals surface area contributed by atoms with Crippen LogP contribution in [0.2, 0.25) is 0 Å². The van der Waals surface area contributed by atoms with E-state index in [4.69, 9.17) is 0 Å². The zero-order valence-corrected chi connectivity index (χ0v) is 18.6. The third kappa shape index (κ3) is 5.61. The number of carbonyl (C=O) groups is 1. The third-order valence-corrected chi connectivity index (χ3v) is 6.44. The lowest BCUT2D eigenvalue weighted by Gasteiger charge is -2.37. The van der Waals surface area contributed by atoms with E-state index in [0.29, 0.717) is 19.4 Å². The number of hydrogen-bond donors (Lipinski definition) is 1. The van der Waals surface area contributed by atoms with Crippen molar-refractivity contribution >= 4 is 21.6 Å². The zero-order chi connectivity index (χ0) is 21.7. The Kier molecular flexibility index (Phi) is 7.15. The molecule has 2 fully saturated rings. The molecular weight excluding hydrogens is 398 g/mol. The Bertz CT molecular complexity index is 948. The fourth-order valence-electron chi connectivity index (χ4n) is 4.00. The van der Waals surface area contributed by atoms with Gasteiger partial charge in [-0.1, -0.05) is 55.1 Å². The van der Waals surface area contributed by atoms with E-state index >= 15 is 0 Å². The molecule has 1 aromatic carbocycles. The van der Waals surface area contributed by atoms with Crippen LogP contribution >= 0.6 is 0 Å². The van der Waals surface area contributed by atoms with Gasteiger partial charge in [-0.05, 0) is 42.9 Å². The number of allylic oxidation sites excluding steroid dienone is 5. The van der Waals surface area contributed by atoms with Gasteiger partial charge in [0.15, 0.2) is 0 Å². The molecule has 1 N–H and O–H groups in total. The Labute approximate surface area is 180 Å². The summed E-state index contributed by atoms with van der Waals surface area (Å²) in [7, 11) is -3.35. The van der Waals surface area contributed by atoms with Gasteiger partial charge in [0.05, 0.1) is 12.3 Å². The molecule has 30 heavy (non-hydrogen) atoms. The van der Waals surface area contributed by atoms with Crippen LogP contribution in [0, 0.1) is 0 Å². The molecule has 2 saturated heterocycles. The van der Waals surface area contributed by atoms with Crippen LogP contribution in [0.15, 0.2) is 55.1 Å².